The molecule has 2 atom stereocenters. The highest BCUT2D eigenvalue weighted by Crippen LogP contribution is 2.60. The summed E-state index contributed by atoms with van der Waals surface area (Å²) in [5.74, 6) is 3.75. The number of nitrogens with zero attached hydrogens (tertiary/aromatic N) is 2. The van der Waals surface area contributed by atoms with Crippen molar-refractivity contribution in [1.82, 2.24) is 9.78 Å². The normalized spacial score (nSPS) is 22.0. The number of hydrogen-bond donors (Lipinski definition) is 1. The van der Waals surface area contributed by atoms with Crippen LogP contribution in [-0.4, -0.2) is 24.0 Å². The standard InChI is InChI=1S/C17H21N3O2/c1-20-17(18)12(8-19-20)11-7-13(21-2)14-9-4-5-10(6-9)15(14)16(11)22-3/h7-10H,4-6,18H2,1-3H3. The number of hydrogen-bond acceptors (Lipinski definition) is 4. The van der Waals surface area contributed by atoms with Crippen LogP contribution >= 0.6 is 0 Å². The molecule has 4 rings (SSSR count). The van der Waals surface area contributed by atoms with Crippen LogP contribution in [0.25, 0.3) is 11.1 Å². The molecule has 0 aliphatic heterocycles. The van der Waals surface area contributed by atoms with Gasteiger partial charge in [-0.25, -0.2) is 0 Å². The van der Waals surface area contributed by atoms with Crippen molar-refractivity contribution in [1.29, 1.82) is 0 Å². The summed E-state index contributed by atoms with van der Waals surface area (Å²) in [7, 11) is 5.33. The van der Waals surface area contributed by atoms with Crippen molar-refractivity contribution in [3.05, 3.63) is 23.4 Å². The average Bonchev–Trinajstić information content (AvgIpc) is 3.22. The fraction of sp³-hybridized carbons (Fsp3) is 0.471. The maximum absolute atomic E-state index is 6.17. The molecule has 1 aromatic heterocycles. The molecule has 2 unspecified atom stereocenters. The molecule has 116 valence electrons. The molecule has 1 heterocycles. The molecule has 0 spiro atoms. The second-order valence-electron chi connectivity index (χ2n) is 6.26. The van der Waals surface area contributed by atoms with Gasteiger partial charge in [0.2, 0.25) is 0 Å². The molecule has 0 amide bonds. The van der Waals surface area contributed by atoms with Crippen molar-refractivity contribution in [2.24, 2.45) is 7.05 Å². The first-order valence-electron chi connectivity index (χ1n) is 7.72. The van der Waals surface area contributed by atoms with Crippen molar-refractivity contribution < 1.29 is 9.47 Å². The number of benzene rings is 1. The molecular formula is C17H21N3O2. The number of rotatable bonds is 3. The third-order valence-corrected chi connectivity index (χ3v) is 5.27. The summed E-state index contributed by atoms with van der Waals surface area (Å²) in [6, 6.07) is 2.06. The van der Waals surface area contributed by atoms with Gasteiger partial charge in [-0.2, -0.15) is 5.10 Å². The van der Waals surface area contributed by atoms with E-state index >= 15 is 0 Å². The third kappa shape index (κ3) is 1.62. The van der Waals surface area contributed by atoms with E-state index in [-0.39, 0.29) is 0 Å². The van der Waals surface area contributed by atoms with Gasteiger partial charge in [0, 0.05) is 29.3 Å². The number of methoxy groups -OCH3 is 2. The van der Waals surface area contributed by atoms with E-state index in [0.29, 0.717) is 17.7 Å². The number of aromatic nitrogens is 2. The Bertz CT molecular complexity index is 751. The quantitative estimate of drug-likeness (QED) is 0.946. The molecule has 0 radical (unpaired) electrons. The zero-order valence-electron chi connectivity index (χ0n) is 13.2. The minimum atomic E-state index is 0.585. The van der Waals surface area contributed by atoms with Gasteiger partial charge in [0.05, 0.1) is 20.4 Å². The molecule has 2 bridgehead atoms. The molecular weight excluding hydrogens is 278 g/mol. The summed E-state index contributed by atoms with van der Waals surface area (Å²) in [4.78, 5) is 0. The summed E-state index contributed by atoms with van der Waals surface area (Å²) in [5, 5.41) is 4.26. The van der Waals surface area contributed by atoms with Crippen molar-refractivity contribution >= 4 is 5.82 Å². The fourth-order valence-electron chi connectivity index (χ4n) is 4.25. The molecule has 2 aliphatic rings. The largest absolute Gasteiger partial charge is 0.496 e. The topological polar surface area (TPSA) is 62.3 Å². The lowest BCUT2D eigenvalue weighted by atomic mass is 9.87. The highest BCUT2D eigenvalue weighted by molar-refractivity contribution is 5.82. The zero-order valence-corrected chi connectivity index (χ0v) is 13.2. The molecule has 0 saturated heterocycles. The molecule has 22 heavy (non-hydrogen) atoms. The van der Waals surface area contributed by atoms with E-state index in [1.54, 1.807) is 25.1 Å². The van der Waals surface area contributed by atoms with Crippen LogP contribution in [0.4, 0.5) is 5.82 Å². The van der Waals surface area contributed by atoms with Gasteiger partial charge in [-0.15, -0.1) is 0 Å². The van der Waals surface area contributed by atoms with Crippen LogP contribution in [0.3, 0.4) is 0 Å². The van der Waals surface area contributed by atoms with Crippen LogP contribution in [0.1, 0.15) is 42.2 Å². The zero-order chi connectivity index (χ0) is 15.4. The van der Waals surface area contributed by atoms with Gasteiger partial charge in [0.25, 0.3) is 0 Å². The van der Waals surface area contributed by atoms with E-state index in [1.165, 1.54) is 30.4 Å². The Hall–Kier alpha value is -2.17. The Kier molecular flexibility index (Phi) is 2.86. The molecule has 2 aromatic rings. The average molecular weight is 299 g/mol. The molecule has 2 N–H and O–H groups in total. The summed E-state index contributed by atoms with van der Waals surface area (Å²) in [6.07, 6.45) is 5.51. The number of aryl methyl sites for hydroxylation is 1. The first kappa shape index (κ1) is 13.5. The number of fused-ring (bicyclic) bond motifs is 5. The smallest absolute Gasteiger partial charge is 0.130 e. The monoisotopic (exact) mass is 299 g/mol. The first-order chi connectivity index (χ1) is 10.7. The highest BCUT2D eigenvalue weighted by Gasteiger charge is 2.42. The van der Waals surface area contributed by atoms with Gasteiger partial charge >= 0.3 is 0 Å². The van der Waals surface area contributed by atoms with E-state index in [0.717, 1.165) is 22.6 Å². The minimum absolute atomic E-state index is 0.585. The summed E-state index contributed by atoms with van der Waals surface area (Å²) < 4.78 is 13.2. The predicted molar refractivity (Wildman–Crippen MR) is 85.5 cm³/mol. The first-order valence-corrected chi connectivity index (χ1v) is 7.72. The van der Waals surface area contributed by atoms with Crippen LogP contribution in [0.15, 0.2) is 12.3 Å². The highest BCUT2D eigenvalue weighted by atomic mass is 16.5. The maximum atomic E-state index is 6.17. The molecule has 2 aliphatic carbocycles. The summed E-state index contributed by atoms with van der Waals surface area (Å²) in [6.45, 7) is 0. The van der Waals surface area contributed by atoms with Gasteiger partial charge in [-0.3, -0.25) is 4.68 Å². The second kappa shape index (κ2) is 4.66. The molecule has 5 heteroatoms. The van der Waals surface area contributed by atoms with Gasteiger partial charge in [-0.05, 0) is 37.2 Å². The Morgan fingerprint density at radius 1 is 1.14 bits per heavy atom. The van der Waals surface area contributed by atoms with Crippen LogP contribution in [0.2, 0.25) is 0 Å². The van der Waals surface area contributed by atoms with Crippen molar-refractivity contribution in [3.8, 4) is 22.6 Å². The Balaban J connectivity index is 2.01. The van der Waals surface area contributed by atoms with Crippen LogP contribution < -0.4 is 15.2 Å². The molecule has 1 saturated carbocycles. The Morgan fingerprint density at radius 2 is 1.86 bits per heavy atom. The summed E-state index contributed by atoms with van der Waals surface area (Å²) >= 11 is 0. The van der Waals surface area contributed by atoms with Gasteiger partial charge in [0.1, 0.15) is 17.3 Å². The number of anilines is 1. The van der Waals surface area contributed by atoms with Crippen molar-refractivity contribution in [2.75, 3.05) is 20.0 Å². The minimum Gasteiger partial charge on any atom is -0.496 e. The number of nitrogen functional groups attached to an aromatic ring is 1. The van der Waals surface area contributed by atoms with E-state index in [1.807, 2.05) is 7.05 Å². The maximum Gasteiger partial charge on any atom is 0.130 e. The van der Waals surface area contributed by atoms with Crippen molar-refractivity contribution in [3.63, 3.8) is 0 Å². The number of nitrogens with two attached hydrogens (primary N) is 1. The summed E-state index contributed by atoms with van der Waals surface area (Å²) in [5.41, 5.74) is 10.7. The van der Waals surface area contributed by atoms with Gasteiger partial charge < -0.3 is 15.2 Å². The van der Waals surface area contributed by atoms with Gasteiger partial charge in [-0.1, -0.05) is 0 Å². The van der Waals surface area contributed by atoms with E-state index < -0.39 is 0 Å². The lowest BCUT2D eigenvalue weighted by Gasteiger charge is -2.23. The lowest BCUT2D eigenvalue weighted by Crippen LogP contribution is -2.06. The second-order valence-corrected chi connectivity index (χ2v) is 6.26. The van der Waals surface area contributed by atoms with Gasteiger partial charge in [0.15, 0.2) is 0 Å². The van der Waals surface area contributed by atoms with Crippen LogP contribution in [0, 0.1) is 0 Å². The van der Waals surface area contributed by atoms with E-state index in [4.69, 9.17) is 15.2 Å². The number of ether oxygens (including phenoxy) is 2. The Morgan fingerprint density at radius 3 is 2.45 bits per heavy atom. The third-order valence-electron chi connectivity index (χ3n) is 5.27. The molecule has 1 fully saturated rings. The van der Waals surface area contributed by atoms with E-state index in [9.17, 15) is 0 Å². The van der Waals surface area contributed by atoms with Crippen LogP contribution in [-0.2, 0) is 7.05 Å². The molecule has 5 nitrogen and oxygen atoms in total. The predicted octanol–water partition coefficient (Wildman–Crippen LogP) is 3.05. The van der Waals surface area contributed by atoms with Crippen LogP contribution in [0.5, 0.6) is 11.5 Å². The van der Waals surface area contributed by atoms with Crippen molar-refractivity contribution in [2.45, 2.75) is 31.1 Å². The fourth-order valence-corrected chi connectivity index (χ4v) is 4.25. The lowest BCUT2D eigenvalue weighted by molar-refractivity contribution is 0.392. The Labute approximate surface area is 130 Å². The molecule has 1 aromatic carbocycles. The SMILES string of the molecule is COc1cc(-c2cnn(C)c2N)c(OC)c2c1C1CCC2C1. The van der Waals surface area contributed by atoms with E-state index in [2.05, 4.69) is 11.2 Å².